The van der Waals surface area contributed by atoms with Crippen LogP contribution in [0.5, 0.6) is 0 Å². The van der Waals surface area contributed by atoms with Gasteiger partial charge in [0.25, 0.3) is 0 Å². The lowest BCUT2D eigenvalue weighted by atomic mass is 9.99. The van der Waals surface area contributed by atoms with Crippen LogP contribution in [0.3, 0.4) is 0 Å². The summed E-state index contributed by atoms with van der Waals surface area (Å²) in [5.74, 6) is 0.411. The molecule has 1 amide bonds. The Kier molecular flexibility index (Phi) is 4.03. The van der Waals surface area contributed by atoms with Crippen molar-refractivity contribution < 1.29 is 18.3 Å². The molecule has 4 heterocycles. The van der Waals surface area contributed by atoms with Crippen LogP contribution in [0.2, 0.25) is 5.02 Å². The number of hydrogen-bond donors (Lipinski definition) is 2. The fourth-order valence-corrected chi connectivity index (χ4v) is 7.05. The Morgan fingerprint density at radius 2 is 2.13 bits per heavy atom. The first kappa shape index (κ1) is 19.5. The van der Waals surface area contributed by atoms with E-state index in [1.807, 2.05) is 6.07 Å². The number of rotatable bonds is 3. The second-order valence-corrected chi connectivity index (χ2v) is 11.4. The summed E-state index contributed by atoms with van der Waals surface area (Å²) in [5.41, 5.74) is 1.95. The van der Waals surface area contributed by atoms with E-state index in [4.69, 9.17) is 11.6 Å². The van der Waals surface area contributed by atoms with Crippen LogP contribution in [0.4, 0.5) is 10.1 Å². The van der Waals surface area contributed by atoms with Crippen LogP contribution in [0.1, 0.15) is 36.7 Å². The Morgan fingerprint density at radius 1 is 1.32 bits per heavy atom. The average Bonchev–Trinajstić information content (AvgIpc) is 3.26. The van der Waals surface area contributed by atoms with Crippen LogP contribution in [-0.2, 0) is 16.8 Å². The lowest BCUT2D eigenvalue weighted by Gasteiger charge is -2.27. The molecule has 1 atom stereocenters. The first-order valence-electron chi connectivity index (χ1n) is 10.1. The second-order valence-electron chi connectivity index (χ2n) is 8.64. The Hall–Kier alpha value is -2.20. The average molecular weight is 463 g/mol. The number of imidazole rings is 1. The molecule has 3 aliphatic rings. The van der Waals surface area contributed by atoms with Gasteiger partial charge in [-0.25, -0.2) is 9.37 Å². The first-order chi connectivity index (χ1) is 14.8. The van der Waals surface area contributed by atoms with Crippen molar-refractivity contribution in [3.05, 3.63) is 52.8 Å². The predicted molar refractivity (Wildman–Crippen MR) is 117 cm³/mol. The number of carbonyl (C=O) groups excluding carboxylic acids is 1. The van der Waals surface area contributed by atoms with E-state index in [1.165, 1.54) is 6.07 Å². The van der Waals surface area contributed by atoms with Gasteiger partial charge in [-0.05, 0) is 43.0 Å². The largest absolute Gasteiger partial charge is 0.319 e. The van der Waals surface area contributed by atoms with Crippen molar-refractivity contribution in [2.45, 2.75) is 37.3 Å². The van der Waals surface area contributed by atoms with Gasteiger partial charge in [0, 0.05) is 17.0 Å². The summed E-state index contributed by atoms with van der Waals surface area (Å²) in [5, 5.41) is 0.237. The van der Waals surface area contributed by atoms with E-state index < -0.39 is 21.8 Å². The fraction of sp³-hybridized carbons (Fsp3) is 0.381. The standard InChI is InChI=1S/C21H20ClFN4O3S/c22-12-7-15(23)19-16(8-12)25-18(27(19)13-2-6-31(29,30)11-13)10-26-17-9-24-5-1-14(17)21(3-4-21)20(26)28/h1,5,7-9,13,29-30H,2-4,6,10-11H2/t13-/m0/s1. The van der Waals surface area contributed by atoms with E-state index in [9.17, 15) is 18.3 Å². The van der Waals surface area contributed by atoms with Gasteiger partial charge in [-0.15, -0.1) is 0 Å². The minimum absolute atomic E-state index is 0.0170. The third kappa shape index (κ3) is 2.83. The number of pyridine rings is 1. The summed E-state index contributed by atoms with van der Waals surface area (Å²) in [6.45, 7) is 0.153. The molecule has 1 aliphatic carbocycles. The van der Waals surface area contributed by atoms with Gasteiger partial charge in [0.1, 0.15) is 11.3 Å². The quantitative estimate of drug-likeness (QED) is 0.598. The van der Waals surface area contributed by atoms with E-state index in [0.717, 1.165) is 24.1 Å². The highest BCUT2D eigenvalue weighted by molar-refractivity contribution is 8.24. The summed E-state index contributed by atoms with van der Waals surface area (Å²) in [4.78, 5) is 23.8. The molecule has 1 saturated heterocycles. The van der Waals surface area contributed by atoms with Gasteiger partial charge >= 0.3 is 0 Å². The number of aromatic nitrogens is 3. The summed E-state index contributed by atoms with van der Waals surface area (Å²) >= 11 is 6.06. The summed E-state index contributed by atoms with van der Waals surface area (Å²) in [6.07, 6.45) is 5.51. The van der Waals surface area contributed by atoms with Crippen LogP contribution in [0.25, 0.3) is 11.0 Å². The van der Waals surface area contributed by atoms with E-state index in [-0.39, 0.29) is 40.5 Å². The molecule has 0 bridgehead atoms. The van der Waals surface area contributed by atoms with Gasteiger partial charge in [-0.1, -0.05) is 11.6 Å². The molecular formula is C21H20ClFN4O3S. The number of nitrogens with zero attached hydrogens (tertiary/aromatic N) is 4. The van der Waals surface area contributed by atoms with E-state index in [0.29, 0.717) is 17.8 Å². The number of benzene rings is 1. The molecule has 3 aromatic rings. The molecular weight excluding hydrogens is 443 g/mol. The lowest BCUT2D eigenvalue weighted by molar-refractivity contribution is -0.120. The lowest BCUT2D eigenvalue weighted by Crippen LogP contribution is -2.33. The van der Waals surface area contributed by atoms with Gasteiger partial charge in [-0.2, -0.15) is 10.6 Å². The molecule has 2 aromatic heterocycles. The molecule has 2 N–H and O–H groups in total. The number of halogens is 2. The van der Waals surface area contributed by atoms with Gasteiger partial charge in [0.2, 0.25) is 5.91 Å². The Labute approximate surface area is 184 Å². The minimum Gasteiger partial charge on any atom is -0.319 e. The first-order valence-corrected chi connectivity index (χ1v) is 12.4. The van der Waals surface area contributed by atoms with E-state index >= 15 is 0 Å². The second kappa shape index (κ2) is 6.41. The molecule has 1 aromatic carbocycles. The van der Waals surface area contributed by atoms with Crippen LogP contribution < -0.4 is 4.90 Å². The predicted octanol–water partition coefficient (Wildman–Crippen LogP) is 4.50. The van der Waals surface area contributed by atoms with E-state index in [2.05, 4.69) is 9.97 Å². The molecule has 0 unspecified atom stereocenters. The Balaban J connectivity index is 1.48. The molecule has 162 valence electrons. The summed E-state index contributed by atoms with van der Waals surface area (Å²) < 4.78 is 37.1. The molecule has 1 saturated carbocycles. The number of hydrogen-bond acceptors (Lipinski definition) is 5. The van der Waals surface area contributed by atoms with Crippen molar-refractivity contribution >= 4 is 44.8 Å². The van der Waals surface area contributed by atoms with Crippen LogP contribution in [0.15, 0.2) is 30.6 Å². The van der Waals surface area contributed by atoms with Crippen molar-refractivity contribution in [3.63, 3.8) is 0 Å². The van der Waals surface area contributed by atoms with Crippen LogP contribution >= 0.6 is 22.2 Å². The smallest absolute Gasteiger partial charge is 0.238 e. The SMILES string of the molecule is O=C1N(Cc2nc3cc(Cl)cc(F)c3n2[C@H]2CCS(O)(O)C2)c2cnccc2C12CC2. The topological polar surface area (TPSA) is 91.5 Å². The fourth-order valence-electron chi connectivity index (χ4n) is 5.10. The monoisotopic (exact) mass is 462 g/mol. The third-order valence-corrected chi connectivity index (χ3v) is 8.72. The number of amides is 1. The van der Waals surface area contributed by atoms with Gasteiger partial charge in [0.05, 0.1) is 41.2 Å². The molecule has 7 nitrogen and oxygen atoms in total. The summed E-state index contributed by atoms with van der Waals surface area (Å²) in [7, 11) is -2.71. The molecule has 2 aliphatic heterocycles. The summed E-state index contributed by atoms with van der Waals surface area (Å²) in [6, 6.07) is 4.41. The number of anilines is 1. The van der Waals surface area contributed by atoms with Crippen molar-refractivity contribution in [3.8, 4) is 0 Å². The van der Waals surface area contributed by atoms with Crippen molar-refractivity contribution in [2.75, 3.05) is 16.4 Å². The zero-order chi connectivity index (χ0) is 21.5. The highest BCUT2D eigenvalue weighted by atomic mass is 35.5. The highest BCUT2D eigenvalue weighted by Gasteiger charge is 2.59. The minimum atomic E-state index is -2.71. The molecule has 31 heavy (non-hydrogen) atoms. The van der Waals surface area contributed by atoms with Gasteiger partial charge in [0.15, 0.2) is 5.82 Å². The number of carbonyl (C=O) groups is 1. The van der Waals surface area contributed by atoms with E-state index in [1.54, 1.807) is 27.9 Å². The maximum Gasteiger partial charge on any atom is 0.238 e. The number of fused-ring (bicyclic) bond motifs is 3. The van der Waals surface area contributed by atoms with Crippen molar-refractivity contribution in [1.29, 1.82) is 0 Å². The molecule has 6 rings (SSSR count). The van der Waals surface area contributed by atoms with Crippen molar-refractivity contribution in [2.24, 2.45) is 0 Å². The maximum atomic E-state index is 15.0. The zero-order valence-electron chi connectivity index (χ0n) is 16.5. The molecule has 2 fully saturated rings. The normalized spacial score (nSPS) is 24.2. The Bertz CT molecular complexity index is 1260. The highest BCUT2D eigenvalue weighted by Crippen LogP contribution is 2.57. The van der Waals surface area contributed by atoms with Crippen LogP contribution in [0, 0.1) is 5.82 Å². The van der Waals surface area contributed by atoms with Crippen LogP contribution in [-0.4, -0.2) is 41.1 Å². The van der Waals surface area contributed by atoms with Crippen molar-refractivity contribution in [1.82, 2.24) is 14.5 Å². The zero-order valence-corrected chi connectivity index (χ0v) is 18.0. The molecule has 10 heteroatoms. The van der Waals surface area contributed by atoms with Gasteiger partial charge in [-0.3, -0.25) is 18.9 Å². The Morgan fingerprint density at radius 3 is 2.84 bits per heavy atom. The molecule has 0 radical (unpaired) electrons. The van der Waals surface area contributed by atoms with Gasteiger partial charge < -0.3 is 9.47 Å². The maximum absolute atomic E-state index is 15.0. The molecule has 1 spiro atoms. The third-order valence-electron chi connectivity index (χ3n) is 6.69.